The van der Waals surface area contributed by atoms with Gasteiger partial charge in [0.05, 0.1) is 16.7 Å². The number of aromatic nitrogens is 4. The van der Waals surface area contributed by atoms with E-state index in [-0.39, 0.29) is 0 Å². The Morgan fingerprint density at radius 1 is 0.815 bits per heavy atom. The first kappa shape index (κ1) is 16.0. The number of nitrogens with zero attached hydrogens (tertiary/aromatic N) is 4. The molecule has 0 aliphatic heterocycles. The van der Waals surface area contributed by atoms with Crippen LogP contribution in [-0.2, 0) is 0 Å². The second-order valence-corrected chi connectivity index (χ2v) is 6.96. The van der Waals surface area contributed by atoms with Crippen LogP contribution in [0.2, 0.25) is 5.02 Å². The number of rotatable bonds is 2. The van der Waals surface area contributed by atoms with E-state index in [1.165, 1.54) is 0 Å². The monoisotopic (exact) mass is 370 g/mol. The van der Waals surface area contributed by atoms with E-state index < -0.39 is 0 Å². The summed E-state index contributed by atoms with van der Waals surface area (Å²) in [4.78, 5) is 4.96. The molecule has 0 radical (unpaired) electrons. The van der Waals surface area contributed by atoms with Crippen molar-refractivity contribution in [3.63, 3.8) is 0 Å². The summed E-state index contributed by atoms with van der Waals surface area (Å²) in [6, 6.07) is 23.9. The van der Waals surface area contributed by atoms with Crippen LogP contribution >= 0.6 is 11.6 Å². The summed E-state index contributed by atoms with van der Waals surface area (Å²) < 4.78 is 1.89. The van der Waals surface area contributed by atoms with Gasteiger partial charge in [-0.2, -0.15) is 0 Å². The zero-order chi connectivity index (χ0) is 18.4. The Morgan fingerprint density at radius 2 is 1.56 bits per heavy atom. The van der Waals surface area contributed by atoms with Crippen molar-refractivity contribution in [2.75, 3.05) is 0 Å². The van der Waals surface area contributed by atoms with Gasteiger partial charge in [0.25, 0.3) is 0 Å². The number of benzene rings is 3. The Morgan fingerprint density at radius 3 is 2.33 bits per heavy atom. The van der Waals surface area contributed by atoms with Crippen LogP contribution in [0.25, 0.3) is 39.1 Å². The zero-order valence-corrected chi connectivity index (χ0v) is 15.4. The van der Waals surface area contributed by atoms with Crippen molar-refractivity contribution < 1.29 is 0 Å². The molecule has 0 N–H and O–H groups in total. The highest BCUT2D eigenvalue weighted by atomic mass is 35.5. The Bertz CT molecular complexity index is 1270. The van der Waals surface area contributed by atoms with Gasteiger partial charge in [-0.25, -0.2) is 9.50 Å². The summed E-state index contributed by atoms with van der Waals surface area (Å²) in [5, 5.41) is 9.66. The van der Waals surface area contributed by atoms with Gasteiger partial charge in [0.2, 0.25) is 0 Å². The lowest BCUT2D eigenvalue weighted by Crippen LogP contribution is -1.98. The molecule has 2 aromatic heterocycles. The summed E-state index contributed by atoms with van der Waals surface area (Å²) in [5.74, 6) is 0. The average molecular weight is 371 g/mol. The lowest BCUT2D eigenvalue weighted by atomic mass is 10.1. The second kappa shape index (κ2) is 6.18. The Hall–Kier alpha value is -3.24. The van der Waals surface area contributed by atoms with E-state index in [0.29, 0.717) is 5.02 Å². The van der Waals surface area contributed by atoms with Crippen LogP contribution in [0.15, 0.2) is 72.8 Å². The first-order chi connectivity index (χ1) is 13.2. The first-order valence-electron chi connectivity index (χ1n) is 8.68. The van der Waals surface area contributed by atoms with Gasteiger partial charge in [-0.15, -0.1) is 5.10 Å². The van der Waals surface area contributed by atoms with Gasteiger partial charge in [-0.1, -0.05) is 65.3 Å². The van der Waals surface area contributed by atoms with Crippen LogP contribution < -0.4 is 0 Å². The SMILES string of the molecule is Cc1ccc2nc(-c3ccc(Cl)cc3)c3c(-c4ccccc4)nnn3c2c1. The van der Waals surface area contributed by atoms with Gasteiger partial charge in [-0.3, -0.25) is 0 Å². The van der Waals surface area contributed by atoms with E-state index in [2.05, 4.69) is 29.4 Å². The van der Waals surface area contributed by atoms with Crippen LogP contribution in [0.1, 0.15) is 5.56 Å². The molecule has 2 heterocycles. The maximum absolute atomic E-state index is 6.09. The molecule has 0 saturated heterocycles. The maximum Gasteiger partial charge on any atom is 0.123 e. The molecule has 27 heavy (non-hydrogen) atoms. The standard InChI is InChI=1S/C22H15ClN4/c1-14-7-12-18-19(13-14)27-22(20(24-18)16-8-10-17(23)11-9-16)21(25-26-27)15-5-3-2-4-6-15/h2-13H,1H3. The first-order valence-corrected chi connectivity index (χ1v) is 9.06. The highest BCUT2D eigenvalue weighted by Crippen LogP contribution is 2.33. The van der Waals surface area contributed by atoms with Crippen molar-refractivity contribution in [1.29, 1.82) is 0 Å². The van der Waals surface area contributed by atoms with E-state index in [9.17, 15) is 0 Å². The fourth-order valence-electron chi connectivity index (χ4n) is 3.33. The molecule has 130 valence electrons. The minimum Gasteiger partial charge on any atom is -0.244 e. The van der Waals surface area contributed by atoms with Crippen molar-refractivity contribution in [2.45, 2.75) is 6.92 Å². The molecule has 5 aromatic rings. The molecule has 3 aromatic carbocycles. The molecule has 0 bridgehead atoms. The lowest BCUT2D eigenvalue weighted by molar-refractivity contribution is 0.881. The second-order valence-electron chi connectivity index (χ2n) is 6.52. The molecule has 0 atom stereocenters. The van der Waals surface area contributed by atoms with Crippen molar-refractivity contribution in [3.05, 3.63) is 83.4 Å². The van der Waals surface area contributed by atoms with E-state index in [1.54, 1.807) is 0 Å². The van der Waals surface area contributed by atoms with Crippen LogP contribution in [-0.4, -0.2) is 19.8 Å². The maximum atomic E-state index is 6.09. The van der Waals surface area contributed by atoms with Crippen LogP contribution in [0, 0.1) is 6.92 Å². The molecule has 0 spiro atoms. The van der Waals surface area contributed by atoms with E-state index in [4.69, 9.17) is 16.6 Å². The van der Waals surface area contributed by atoms with Gasteiger partial charge in [0.1, 0.15) is 11.2 Å². The Balaban J connectivity index is 1.92. The van der Waals surface area contributed by atoms with Crippen molar-refractivity contribution in [1.82, 2.24) is 19.8 Å². The molecular weight excluding hydrogens is 356 g/mol. The minimum atomic E-state index is 0.695. The molecule has 0 aliphatic rings. The molecular formula is C22H15ClN4. The quantitative estimate of drug-likeness (QED) is 0.407. The van der Waals surface area contributed by atoms with Gasteiger partial charge in [0, 0.05) is 16.1 Å². The third-order valence-electron chi connectivity index (χ3n) is 4.65. The number of hydrogen-bond donors (Lipinski definition) is 0. The molecule has 5 rings (SSSR count). The molecule has 0 fully saturated rings. The molecule has 0 unspecified atom stereocenters. The smallest absolute Gasteiger partial charge is 0.123 e. The van der Waals surface area contributed by atoms with Crippen molar-refractivity contribution in [3.8, 4) is 22.5 Å². The molecule has 4 nitrogen and oxygen atoms in total. The Kier molecular flexibility index (Phi) is 3.66. The summed E-state index contributed by atoms with van der Waals surface area (Å²) in [6.07, 6.45) is 0. The number of halogens is 1. The fourth-order valence-corrected chi connectivity index (χ4v) is 3.46. The average Bonchev–Trinajstić information content (AvgIpc) is 3.14. The highest BCUT2D eigenvalue weighted by molar-refractivity contribution is 6.30. The van der Waals surface area contributed by atoms with Gasteiger partial charge in [-0.05, 0) is 36.8 Å². The van der Waals surface area contributed by atoms with E-state index in [0.717, 1.165) is 44.6 Å². The van der Waals surface area contributed by atoms with Crippen LogP contribution in [0.5, 0.6) is 0 Å². The van der Waals surface area contributed by atoms with E-state index in [1.807, 2.05) is 65.2 Å². The topological polar surface area (TPSA) is 43.1 Å². The lowest BCUT2D eigenvalue weighted by Gasteiger charge is -2.09. The molecule has 0 saturated carbocycles. The predicted molar refractivity (Wildman–Crippen MR) is 109 cm³/mol. The summed E-state index contributed by atoms with van der Waals surface area (Å²) in [5.41, 5.74) is 7.51. The normalized spacial score (nSPS) is 11.3. The molecule has 0 amide bonds. The fraction of sp³-hybridized carbons (Fsp3) is 0.0455. The predicted octanol–water partition coefficient (Wildman–Crippen LogP) is 5.57. The summed E-state index contributed by atoms with van der Waals surface area (Å²) in [7, 11) is 0. The zero-order valence-electron chi connectivity index (χ0n) is 14.6. The number of hydrogen-bond acceptors (Lipinski definition) is 3. The number of aryl methyl sites for hydroxylation is 1. The van der Waals surface area contributed by atoms with Gasteiger partial charge >= 0.3 is 0 Å². The van der Waals surface area contributed by atoms with Crippen LogP contribution in [0.3, 0.4) is 0 Å². The largest absolute Gasteiger partial charge is 0.244 e. The summed E-state index contributed by atoms with van der Waals surface area (Å²) in [6.45, 7) is 2.06. The van der Waals surface area contributed by atoms with Gasteiger partial charge < -0.3 is 0 Å². The van der Waals surface area contributed by atoms with Crippen molar-refractivity contribution in [2.24, 2.45) is 0 Å². The van der Waals surface area contributed by atoms with E-state index >= 15 is 0 Å². The van der Waals surface area contributed by atoms with Crippen LogP contribution in [0.4, 0.5) is 0 Å². The number of fused-ring (bicyclic) bond motifs is 3. The Labute approximate surface area is 161 Å². The van der Waals surface area contributed by atoms with Crippen molar-refractivity contribution >= 4 is 28.2 Å². The minimum absolute atomic E-state index is 0.695. The highest BCUT2D eigenvalue weighted by Gasteiger charge is 2.18. The van der Waals surface area contributed by atoms with Gasteiger partial charge in [0.15, 0.2) is 0 Å². The third kappa shape index (κ3) is 2.66. The molecule has 0 aliphatic carbocycles. The third-order valence-corrected chi connectivity index (χ3v) is 4.90. The summed E-state index contributed by atoms with van der Waals surface area (Å²) >= 11 is 6.09. The molecule has 5 heteroatoms.